The highest BCUT2D eigenvalue weighted by atomic mass is 32.1. The van der Waals surface area contributed by atoms with Gasteiger partial charge in [0.1, 0.15) is 0 Å². The third-order valence-corrected chi connectivity index (χ3v) is 3.04. The summed E-state index contributed by atoms with van der Waals surface area (Å²) in [6.07, 6.45) is 5.06. The summed E-state index contributed by atoms with van der Waals surface area (Å²) in [5.74, 6) is 7.75. The Morgan fingerprint density at radius 1 is 1.06 bits per heavy atom. The first-order valence-electron chi connectivity index (χ1n) is 4.72. The number of thiophene rings is 1. The van der Waals surface area contributed by atoms with Gasteiger partial charge in [0, 0.05) is 10.4 Å². The highest BCUT2D eigenvalue weighted by Crippen LogP contribution is 2.29. The summed E-state index contributed by atoms with van der Waals surface area (Å²) in [7, 11) is 0. The van der Waals surface area contributed by atoms with E-state index in [0.29, 0.717) is 0 Å². The van der Waals surface area contributed by atoms with Gasteiger partial charge in [-0.3, -0.25) is 0 Å². The fraction of sp³-hybridized carbons (Fsp3) is 0. The standard InChI is InChI=1S/C14H9NS/c1-2-3-4-11-5-7-12(8-6-11)13-9-10-14(15)16-13/h1,5-10H,15H2. The molecule has 0 aliphatic carbocycles. The van der Waals surface area contributed by atoms with Crippen molar-refractivity contribution in [1.82, 2.24) is 0 Å². The first-order chi connectivity index (χ1) is 7.79. The average Bonchev–Trinajstić information content (AvgIpc) is 2.74. The molecule has 16 heavy (non-hydrogen) atoms. The molecule has 0 amide bonds. The van der Waals surface area contributed by atoms with E-state index in [4.69, 9.17) is 12.2 Å². The summed E-state index contributed by atoms with van der Waals surface area (Å²) < 4.78 is 0. The predicted octanol–water partition coefficient (Wildman–Crippen LogP) is 2.98. The van der Waals surface area contributed by atoms with Crippen molar-refractivity contribution in [2.24, 2.45) is 0 Å². The lowest BCUT2D eigenvalue weighted by molar-refractivity contribution is 1.64. The van der Waals surface area contributed by atoms with Crippen molar-refractivity contribution >= 4 is 16.3 Å². The lowest BCUT2D eigenvalue weighted by atomic mass is 10.1. The van der Waals surface area contributed by atoms with Gasteiger partial charge in [-0.1, -0.05) is 18.1 Å². The van der Waals surface area contributed by atoms with Crippen LogP contribution in [0, 0.1) is 24.2 Å². The number of nitrogen functional groups attached to an aromatic ring is 1. The molecule has 0 fully saturated rings. The van der Waals surface area contributed by atoms with Crippen LogP contribution in [0.4, 0.5) is 5.00 Å². The minimum absolute atomic E-state index is 0.825. The number of nitrogens with two attached hydrogens (primary N) is 1. The molecule has 0 atom stereocenters. The SMILES string of the molecule is C#CC#Cc1ccc(-c2ccc(N)s2)cc1. The third kappa shape index (κ3) is 2.25. The van der Waals surface area contributed by atoms with Crippen molar-refractivity contribution in [3.05, 3.63) is 42.0 Å². The second-order valence-corrected chi connectivity index (χ2v) is 4.29. The zero-order valence-electron chi connectivity index (χ0n) is 8.53. The van der Waals surface area contributed by atoms with E-state index in [9.17, 15) is 0 Å². The smallest absolute Gasteiger partial charge is 0.0862 e. The van der Waals surface area contributed by atoms with Gasteiger partial charge in [-0.25, -0.2) is 0 Å². The summed E-state index contributed by atoms with van der Waals surface area (Å²) in [6, 6.07) is 11.9. The quantitative estimate of drug-likeness (QED) is 0.739. The Balaban J connectivity index is 2.30. The van der Waals surface area contributed by atoms with E-state index in [1.807, 2.05) is 36.4 Å². The molecular weight excluding hydrogens is 214 g/mol. The minimum atomic E-state index is 0.825. The topological polar surface area (TPSA) is 26.0 Å². The highest BCUT2D eigenvalue weighted by molar-refractivity contribution is 7.19. The Bertz CT molecular complexity index is 588. The zero-order valence-corrected chi connectivity index (χ0v) is 9.34. The van der Waals surface area contributed by atoms with Crippen LogP contribution in [0.15, 0.2) is 36.4 Å². The van der Waals surface area contributed by atoms with Gasteiger partial charge in [-0.05, 0) is 41.7 Å². The molecule has 0 bridgehead atoms. The number of benzene rings is 1. The van der Waals surface area contributed by atoms with E-state index in [1.54, 1.807) is 11.3 Å². The fourth-order valence-corrected chi connectivity index (χ4v) is 2.11. The van der Waals surface area contributed by atoms with Gasteiger partial charge in [0.15, 0.2) is 0 Å². The zero-order chi connectivity index (χ0) is 11.4. The van der Waals surface area contributed by atoms with Crippen molar-refractivity contribution in [3.8, 4) is 34.6 Å². The monoisotopic (exact) mass is 223 g/mol. The molecule has 0 aliphatic rings. The van der Waals surface area contributed by atoms with Crippen LogP contribution < -0.4 is 5.73 Å². The van der Waals surface area contributed by atoms with E-state index < -0.39 is 0 Å². The Kier molecular flexibility index (Phi) is 2.96. The van der Waals surface area contributed by atoms with Crippen LogP contribution in [0.25, 0.3) is 10.4 Å². The second-order valence-electron chi connectivity index (χ2n) is 3.17. The maximum atomic E-state index is 5.69. The van der Waals surface area contributed by atoms with Crippen molar-refractivity contribution in [2.75, 3.05) is 5.73 Å². The van der Waals surface area contributed by atoms with Gasteiger partial charge >= 0.3 is 0 Å². The molecule has 0 saturated heterocycles. The molecule has 2 heteroatoms. The number of hydrogen-bond donors (Lipinski definition) is 1. The van der Waals surface area contributed by atoms with Gasteiger partial charge in [0.25, 0.3) is 0 Å². The molecule has 0 radical (unpaired) electrons. The summed E-state index contributed by atoms with van der Waals surface area (Å²) in [5.41, 5.74) is 7.75. The summed E-state index contributed by atoms with van der Waals surface area (Å²) in [6.45, 7) is 0. The predicted molar refractivity (Wildman–Crippen MR) is 69.9 cm³/mol. The van der Waals surface area contributed by atoms with Gasteiger partial charge in [0.2, 0.25) is 0 Å². The number of terminal acetylenes is 1. The molecular formula is C14H9NS. The molecule has 1 aromatic carbocycles. The van der Waals surface area contributed by atoms with Crippen molar-refractivity contribution < 1.29 is 0 Å². The number of anilines is 1. The average molecular weight is 223 g/mol. The van der Waals surface area contributed by atoms with E-state index in [-0.39, 0.29) is 0 Å². The lowest BCUT2D eigenvalue weighted by Gasteiger charge is -1.96. The number of rotatable bonds is 1. The highest BCUT2D eigenvalue weighted by Gasteiger charge is 1.99. The Morgan fingerprint density at radius 3 is 2.38 bits per heavy atom. The molecule has 2 rings (SSSR count). The summed E-state index contributed by atoms with van der Waals surface area (Å²) in [4.78, 5) is 1.16. The maximum Gasteiger partial charge on any atom is 0.0862 e. The Hall–Kier alpha value is -2.16. The molecule has 1 nitrogen and oxygen atoms in total. The molecule has 76 valence electrons. The second kappa shape index (κ2) is 4.57. The van der Waals surface area contributed by atoms with Crippen LogP contribution in [0.1, 0.15) is 5.56 Å². The van der Waals surface area contributed by atoms with E-state index in [1.165, 1.54) is 0 Å². The molecule has 2 aromatic rings. The maximum absolute atomic E-state index is 5.69. The minimum Gasteiger partial charge on any atom is -0.391 e. The van der Waals surface area contributed by atoms with E-state index in [2.05, 4.69) is 17.8 Å². The van der Waals surface area contributed by atoms with E-state index in [0.717, 1.165) is 21.0 Å². The first kappa shape index (κ1) is 10.4. The van der Waals surface area contributed by atoms with Gasteiger partial charge < -0.3 is 5.73 Å². The van der Waals surface area contributed by atoms with Crippen molar-refractivity contribution in [3.63, 3.8) is 0 Å². The van der Waals surface area contributed by atoms with Crippen LogP contribution in [0.5, 0.6) is 0 Å². The molecule has 1 heterocycles. The first-order valence-corrected chi connectivity index (χ1v) is 5.53. The Morgan fingerprint density at radius 2 is 1.81 bits per heavy atom. The van der Waals surface area contributed by atoms with Crippen molar-refractivity contribution in [1.29, 1.82) is 0 Å². The van der Waals surface area contributed by atoms with Crippen LogP contribution in [-0.2, 0) is 0 Å². The molecule has 0 aliphatic heterocycles. The summed E-state index contributed by atoms with van der Waals surface area (Å²) >= 11 is 1.57. The fourth-order valence-electron chi connectivity index (χ4n) is 1.33. The molecule has 2 N–H and O–H groups in total. The molecule has 0 unspecified atom stereocenters. The lowest BCUT2D eigenvalue weighted by Crippen LogP contribution is -1.75. The van der Waals surface area contributed by atoms with Crippen LogP contribution in [0.2, 0.25) is 0 Å². The molecule has 0 spiro atoms. The third-order valence-electron chi connectivity index (χ3n) is 2.08. The largest absolute Gasteiger partial charge is 0.391 e. The number of hydrogen-bond acceptors (Lipinski definition) is 2. The van der Waals surface area contributed by atoms with Gasteiger partial charge in [-0.15, -0.1) is 17.8 Å². The van der Waals surface area contributed by atoms with Crippen molar-refractivity contribution in [2.45, 2.75) is 0 Å². The molecule has 0 saturated carbocycles. The normalized spacial score (nSPS) is 8.94. The van der Waals surface area contributed by atoms with Crippen LogP contribution in [0.3, 0.4) is 0 Å². The van der Waals surface area contributed by atoms with Gasteiger partial charge in [0.05, 0.1) is 5.00 Å². The molecule has 1 aromatic heterocycles. The van der Waals surface area contributed by atoms with Crippen LogP contribution >= 0.6 is 11.3 Å². The van der Waals surface area contributed by atoms with Crippen LogP contribution in [-0.4, -0.2) is 0 Å². The van der Waals surface area contributed by atoms with Gasteiger partial charge in [-0.2, -0.15) is 0 Å². The van der Waals surface area contributed by atoms with E-state index >= 15 is 0 Å². The summed E-state index contributed by atoms with van der Waals surface area (Å²) in [5, 5.41) is 0.825. The Labute approximate surface area is 98.9 Å².